The SMILES string of the molecule is CC(C)N1Cc2ccccc2C(Cl)=N1. The van der Waals surface area contributed by atoms with Gasteiger partial charge < -0.3 is 0 Å². The molecule has 0 spiro atoms. The predicted octanol–water partition coefficient (Wildman–Crippen LogP) is 2.81. The normalized spacial score (nSPS) is 15.4. The van der Waals surface area contributed by atoms with Crippen LogP contribution in [0.25, 0.3) is 0 Å². The summed E-state index contributed by atoms with van der Waals surface area (Å²) in [5.74, 6) is 0. The van der Waals surface area contributed by atoms with Crippen LogP contribution in [0.1, 0.15) is 25.0 Å². The number of rotatable bonds is 1. The van der Waals surface area contributed by atoms with Gasteiger partial charge in [-0.2, -0.15) is 5.10 Å². The second-order valence-corrected chi connectivity index (χ2v) is 4.10. The molecule has 2 nitrogen and oxygen atoms in total. The van der Waals surface area contributed by atoms with Crippen molar-refractivity contribution in [3.63, 3.8) is 0 Å². The molecule has 0 N–H and O–H groups in total. The van der Waals surface area contributed by atoms with Gasteiger partial charge in [-0.3, -0.25) is 5.01 Å². The Kier molecular flexibility index (Phi) is 2.46. The second kappa shape index (κ2) is 3.62. The van der Waals surface area contributed by atoms with E-state index in [0.29, 0.717) is 11.2 Å². The first kappa shape index (κ1) is 9.53. The van der Waals surface area contributed by atoms with Crippen molar-refractivity contribution < 1.29 is 0 Å². The average Bonchev–Trinajstić information content (AvgIpc) is 2.17. The first-order chi connectivity index (χ1) is 6.68. The van der Waals surface area contributed by atoms with Crippen molar-refractivity contribution >= 4 is 16.8 Å². The third kappa shape index (κ3) is 1.62. The Balaban J connectivity index is 2.39. The lowest BCUT2D eigenvalue weighted by Gasteiger charge is -2.28. The van der Waals surface area contributed by atoms with Crippen LogP contribution in [-0.4, -0.2) is 16.2 Å². The number of benzene rings is 1. The molecule has 0 fully saturated rings. The molecule has 14 heavy (non-hydrogen) atoms. The van der Waals surface area contributed by atoms with Gasteiger partial charge in [-0.1, -0.05) is 35.9 Å². The summed E-state index contributed by atoms with van der Waals surface area (Å²) < 4.78 is 0. The molecular weight excluding hydrogens is 196 g/mol. The molecule has 0 atom stereocenters. The zero-order valence-corrected chi connectivity index (χ0v) is 9.12. The molecule has 3 heteroatoms. The van der Waals surface area contributed by atoms with Gasteiger partial charge in [-0.05, 0) is 19.4 Å². The molecular formula is C11H13ClN2. The summed E-state index contributed by atoms with van der Waals surface area (Å²) in [5.41, 5.74) is 2.31. The number of fused-ring (bicyclic) bond motifs is 1. The van der Waals surface area contributed by atoms with E-state index >= 15 is 0 Å². The van der Waals surface area contributed by atoms with Crippen LogP contribution in [0.3, 0.4) is 0 Å². The Hall–Kier alpha value is -1.02. The fourth-order valence-electron chi connectivity index (χ4n) is 1.53. The minimum atomic E-state index is 0.386. The smallest absolute Gasteiger partial charge is 0.156 e. The minimum Gasteiger partial charge on any atom is -0.289 e. The summed E-state index contributed by atoms with van der Waals surface area (Å²) in [6.07, 6.45) is 0. The number of hydrazone groups is 1. The highest BCUT2D eigenvalue weighted by atomic mass is 35.5. The van der Waals surface area contributed by atoms with E-state index in [9.17, 15) is 0 Å². The number of hydrogen-bond acceptors (Lipinski definition) is 2. The molecule has 0 aliphatic carbocycles. The van der Waals surface area contributed by atoms with Gasteiger partial charge in [0.15, 0.2) is 5.17 Å². The van der Waals surface area contributed by atoms with Crippen LogP contribution in [0.5, 0.6) is 0 Å². The quantitative estimate of drug-likeness (QED) is 0.693. The third-order valence-corrected chi connectivity index (χ3v) is 2.66. The summed E-state index contributed by atoms with van der Waals surface area (Å²) in [4.78, 5) is 0. The lowest BCUT2D eigenvalue weighted by Crippen LogP contribution is -2.29. The Labute approximate surface area is 89.2 Å². The van der Waals surface area contributed by atoms with Gasteiger partial charge in [0.1, 0.15) is 0 Å². The van der Waals surface area contributed by atoms with Gasteiger partial charge in [0, 0.05) is 11.6 Å². The Morgan fingerprint density at radius 3 is 2.79 bits per heavy atom. The summed E-state index contributed by atoms with van der Waals surface area (Å²) in [5, 5.41) is 6.94. The summed E-state index contributed by atoms with van der Waals surface area (Å²) in [7, 11) is 0. The van der Waals surface area contributed by atoms with E-state index in [-0.39, 0.29) is 0 Å². The third-order valence-electron chi connectivity index (χ3n) is 2.38. The van der Waals surface area contributed by atoms with Gasteiger partial charge in [-0.15, -0.1) is 0 Å². The number of hydrogen-bond donors (Lipinski definition) is 0. The lowest BCUT2D eigenvalue weighted by molar-refractivity contribution is 0.220. The molecule has 0 radical (unpaired) electrons. The van der Waals surface area contributed by atoms with Crippen molar-refractivity contribution in [2.24, 2.45) is 5.10 Å². The maximum atomic E-state index is 6.09. The molecule has 0 amide bonds. The van der Waals surface area contributed by atoms with Crippen molar-refractivity contribution in [1.29, 1.82) is 0 Å². The van der Waals surface area contributed by atoms with Gasteiger partial charge in [0.2, 0.25) is 0 Å². The van der Waals surface area contributed by atoms with Crippen LogP contribution >= 0.6 is 11.6 Å². The van der Waals surface area contributed by atoms with Crippen LogP contribution in [0.4, 0.5) is 0 Å². The van der Waals surface area contributed by atoms with Gasteiger partial charge in [0.25, 0.3) is 0 Å². The van der Waals surface area contributed by atoms with Gasteiger partial charge in [-0.25, -0.2) is 0 Å². The highest BCUT2D eigenvalue weighted by molar-refractivity contribution is 6.69. The first-order valence-electron chi connectivity index (χ1n) is 4.77. The monoisotopic (exact) mass is 208 g/mol. The molecule has 2 rings (SSSR count). The fraction of sp³-hybridized carbons (Fsp3) is 0.364. The second-order valence-electron chi connectivity index (χ2n) is 3.74. The van der Waals surface area contributed by atoms with E-state index in [1.165, 1.54) is 5.56 Å². The molecule has 1 aliphatic heterocycles. The van der Waals surface area contributed by atoms with E-state index in [2.05, 4.69) is 25.0 Å². The largest absolute Gasteiger partial charge is 0.289 e. The van der Waals surface area contributed by atoms with Crippen molar-refractivity contribution in [2.75, 3.05) is 0 Å². The van der Waals surface area contributed by atoms with Crippen molar-refractivity contribution in [3.05, 3.63) is 35.4 Å². The highest BCUT2D eigenvalue weighted by Gasteiger charge is 2.18. The Bertz CT molecular complexity index is 371. The van der Waals surface area contributed by atoms with E-state index in [4.69, 9.17) is 11.6 Å². The van der Waals surface area contributed by atoms with Crippen molar-refractivity contribution in [1.82, 2.24) is 5.01 Å². The molecule has 0 saturated carbocycles. The lowest BCUT2D eigenvalue weighted by atomic mass is 10.1. The molecule has 1 aromatic rings. The molecule has 1 heterocycles. The number of nitrogens with zero attached hydrogens (tertiary/aromatic N) is 2. The fourth-order valence-corrected chi connectivity index (χ4v) is 1.82. The topological polar surface area (TPSA) is 15.6 Å². The van der Waals surface area contributed by atoms with Crippen LogP contribution < -0.4 is 0 Å². The molecule has 74 valence electrons. The van der Waals surface area contributed by atoms with Crippen LogP contribution in [0.2, 0.25) is 0 Å². The zero-order chi connectivity index (χ0) is 10.1. The average molecular weight is 209 g/mol. The van der Waals surface area contributed by atoms with E-state index < -0.39 is 0 Å². The van der Waals surface area contributed by atoms with E-state index in [0.717, 1.165) is 12.1 Å². The first-order valence-corrected chi connectivity index (χ1v) is 5.15. The Morgan fingerprint density at radius 1 is 1.36 bits per heavy atom. The zero-order valence-electron chi connectivity index (χ0n) is 8.37. The van der Waals surface area contributed by atoms with Gasteiger partial charge >= 0.3 is 0 Å². The maximum Gasteiger partial charge on any atom is 0.156 e. The van der Waals surface area contributed by atoms with Gasteiger partial charge in [0.05, 0.1) is 6.54 Å². The minimum absolute atomic E-state index is 0.386. The van der Waals surface area contributed by atoms with Crippen molar-refractivity contribution in [2.45, 2.75) is 26.4 Å². The molecule has 0 unspecified atom stereocenters. The van der Waals surface area contributed by atoms with E-state index in [1.54, 1.807) is 0 Å². The highest BCUT2D eigenvalue weighted by Crippen LogP contribution is 2.21. The van der Waals surface area contributed by atoms with Crippen LogP contribution in [-0.2, 0) is 6.54 Å². The maximum absolute atomic E-state index is 6.09. The molecule has 1 aliphatic rings. The Morgan fingerprint density at radius 2 is 2.07 bits per heavy atom. The standard InChI is InChI=1S/C11H13ClN2/c1-8(2)14-7-9-5-3-4-6-10(9)11(12)13-14/h3-6,8H,7H2,1-2H3. The molecule has 0 saturated heterocycles. The summed E-state index contributed by atoms with van der Waals surface area (Å²) >= 11 is 6.09. The summed E-state index contributed by atoms with van der Waals surface area (Å²) in [6, 6.07) is 8.52. The summed E-state index contributed by atoms with van der Waals surface area (Å²) in [6.45, 7) is 5.08. The van der Waals surface area contributed by atoms with Crippen LogP contribution in [0.15, 0.2) is 29.4 Å². The number of halogens is 1. The predicted molar refractivity (Wildman–Crippen MR) is 59.5 cm³/mol. The van der Waals surface area contributed by atoms with Crippen molar-refractivity contribution in [3.8, 4) is 0 Å². The molecule has 0 aromatic heterocycles. The molecule has 0 bridgehead atoms. The van der Waals surface area contributed by atoms with E-state index in [1.807, 2.05) is 23.2 Å². The molecule has 1 aromatic carbocycles. The van der Waals surface area contributed by atoms with Crippen LogP contribution in [0, 0.1) is 0 Å².